The summed E-state index contributed by atoms with van der Waals surface area (Å²) in [5.41, 5.74) is 3.41. The summed E-state index contributed by atoms with van der Waals surface area (Å²) in [5.74, 6) is 3.85. The smallest absolute Gasteiger partial charge is 0.264 e. The first-order valence-corrected chi connectivity index (χ1v) is 9.83. The number of amides is 1. The average Bonchev–Trinajstić information content (AvgIpc) is 3.04. The van der Waals surface area contributed by atoms with Gasteiger partial charge in [0.25, 0.3) is 5.95 Å². The van der Waals surface area contributed by atoms with Gasteiger partial charge in [-0.1, -0.05) is 39.8 Å². The number of hydrogen-bond donors (Lipinski definition) is 3. The summed E-state index contributed by atoms with van der Waals surface area (Å²) in [7, 11) is 0. The number of nitrogen functional groups attached to an aromatic ring is 1. The van der Waals surface area contributed by atoms with Gasteiger partial charge in [-0.3, -0.25) is 4.79 Å². The van der Waals surface area contributed by atoms with Crippen molar-refractivity contribution in [3.63, 3.8) is 0 Å². The Labute approximate surface area is 176 Å². The van der Waals surface area contributed by atoms with E-state index in [1.807, 2.05) is 24.3 Å². The van der Waals surface area contributed by atoms with Crippen LogP contribution in [0.25, 0.3) is 0 Å². The number of halogens is 3. The number of nitrogens with two attached hydrogens (primary N) is 1. The molecule has 3 aromatic rings. The van der Waals surface area contributed by atoms with E-state index in [1.165, 1.54) is 0 Å². The van der Waals surface area contributed by atoms with Crippen molar-refractivity contribution in [2.75, 3.05) is 22.3 Å². The summed E-state index contributed by atoms with van der Waals surface area (Å²) in [6.07, 6.45) is 1.58. The van der Waals surface area contributed by atoms with Crippen molar-refractivity contribution < 1.29 is 13.6 Å². The maximum absolute atomic E-state index is 13.6. The van der Waals surface area contributed by atoms with Gasteiger partial charge < -0.3 is 11.2 Å². The molecule has 0 aliphatic rings. The Balaban J connectivity index is 1.53. The molecule has 150 valence electrons. The third-order valence-corrected chi connectivity index (χ3v) is 4.92. The Kier molecular flexibility index (Phi) is 6.77. The highest BCUT2D eigenvalue weighted by molar-refractivity contribution is 9.10. The quantitative estimate of drug-likeness (QED) is 0.207. The van der Waals surface area contributed by atoms with E-state index in [1.54, 1.807) is 6.21 Å². The Morgan fingerprint density at radius 2 is 2.00 bits per heavy atom. The number of carbonyl (C=O) groups excluding carboxylic acids is 1. The normalized spacial score (nSPS) is 11.0. The van der Waals surface area contributed by atoms with Gasteiger partial charge in [-0.25, -0.2) is 18.9 Å². The minimum Gasteiger partial charge on any atom is -0.334 e. The van der Waals surface area contributed by atoms with Crippen LogP contribution in [0.5, 0.6) is 0 Å². The minimum absolute atomic E-state index is 0.103. The lowest BCUT2D eigenvalue weighted by molar-refractivity contribution is -0.113. The van der Waals surface area contributed by atoms with E-state index in [-0.39, 0.29) is 22.5 Å². The Bertz CT molecular complexity index is 1040. The number of nitrogens with one attached hydrogen (secondary N) is 2. The van der Waals surface area contributed by atoms with Gasteiger partial charge in [0.1, 0.15) is 11.6 Å². The average molecular weight is 482 g/mol. The van der Waals surface area contributed by atoms with Gasteiger partial charge in [0.15, 0.2) is 0 Å². The molecule has 29 heavy (non-hydrogen) atoms. The van der Waals surface area contributed by atoms with Crippen molar-refractivity contribution >= 4 is 51.4 Å². The highest BCUT2D eigenvalue weighted by Gasteiger charge is 2.13. The molecular weight excluding hydrogens is 468 g/mol. The zero-order chi connectivity index (χ0) is 20.8. The second-order valence-corrected chi connectivity index (χ2v) is 7.42. The van der Waals surface area contributed by atoms with E-state index in [9.17, 15) is 13.6 Å². The first kappa shape index (κ1) is 20.7. The lowest BCUT2D eigenvalue weighted by Gasteiger charge is -2.06. The third-order valence-electron chi connectivity index (χ3n) is 3.45. The van der Waals surface area contributed by atoms with Gasteiger partial charge in [-0.05, 0) is 29.8 Å². The zero-order valence-electron chi connectivity index (χ0n) is 14.6. The monoisotopic (exact) mass is 481 g/mol. The van der Waals surface area contributed by atoms with Gasteiger partial charge in [0.05, 0.1) is 17.7 Å². The largest absolute Gasteiger partial charge is 0.334 e. The molecule has 0 radical (unpaired) electrons. The molecule has 1 heterocycles. The van der Waals surface area contributed by atoms with Crippen molar-refractivity contribution in [1.29, 1.82) is 0 Å². The van der Waals surface area contributed by atoms with E-state index in [4.69, 9.17) is 5.84 Å². The molecule has 0 aliphatic carbocycles. The van der Waals surface area contributed by atoms with Crippen LogP contribution < -0.4 is 16.6 Å². The lowest BCUT2D eigenvalue weighted by Crippen LogP contribution is -2.17. The number of aromatic nitrogens is 3. The van der Waals surface area contributed by atoms with Gasteiger partial charge >= 0.3 is 0 Å². The molecule has 0 aliphatic heterocycles. The summed E-state index contributed by atoms with van der Waals surface area (Å²) in [5, 5.41) is 14.3. The van der Waals surface area contributed by atoms with Crippen molar-refractivity contribution in [1.82, 2.24) is 14.9 Å². The van der Waals surface area contributed by atoms with Crippen LogP contribution in [0.2, 0.25) is 0 Å². The van der Waals surface area contributed by atoms with Crippen LogP contribution >= 0.6 is 27.7 Å². The summed E-state index contributed by atoms with van der Waals surface area (Å²) in [6.45, 7) is 0. The number of thioether (sulfide) groups is 1. The van der Waals surface area contributed by atoms with E-state index in [2.05, 4.69) is 42.0 Å². The first-order chi connectivity index (χ1) is 13.9. The van der Waals surface area contributed by atoms with Crippen LogP contribution in [0, 0.1) is 11.6 Å². The zero-order valence-corrected chi connectivity index (χ0v) is 17.0. The van der Waals surface area contributed by atoms with Crippen LogP contribution in [0.1, 0.15) is 5.56 Å². The number of benzene rings is 2. The molecule has 0 saturated heterocycles. The number of hydrazone groups is 1. The van der Waals surface area contributed by atoms with Gasteiger partial charge in [-0.15, -0.1) is 10.2 Å². The van der Waals surface area contributed by atoms with Crippen LogP contribution in [0.4, 0.5) is 20.4 Å². The molecule has 0 bridgehead atoms. The topological polar surface area (TPSA) is 110 Å². The fraction of sp³-hybridized carbons (Fsp3) is 0.0588. The second-order valence-electron chi connectivity index (χ2n) is 5.56. The van der Waals surface area contributed by atoms with Gasteiger partial charge in [-0.2, -0.15) is 5.10 Å². The fourth-order valence-corrected chi connectivity index (χ4v) is 2.99. The minimum atomic E-state index is -0.861. The fourth-order valence-electron chi connectivity index (χ4n) is 2.07. The molecule has 2 aromatic carbocycles. The molecule has 0 atom stereocenters. The number of nitrogens with zero attached hydrogens (tertiary/aromatic N) is 4. The molecular formula is C17H14BrF2N7OS. The van der Waals surface area contributed by atoms with Crippen molar-refractivity contribution in [3.8, 4) is 0 Å². The Morgan fingerprint density at radius 1 is 1.24 bits per heavy atom. The number of rotatable bonds is 7. The molecule has 3 rings (SSSR count). The predicted molar refractivity (Wildman–Crippen MR) is 111 cm³/mol. The summed E-state index contributed by atoms with van der Waals surface area (Å²) >= 11 is 4.34. The van der Waals surface area contributed by atoms with E-state index < -0.39 is 17.5 Å². The maximum Gasteiger partial charge on any atom is 0.264 e. The molecule has 1 aromatic heterocycles. The third kappa shape index (κ3) is 5.74. The van der Waals surface area contributed by atoms with Crippen LogP contribution in [0.15, 0.2) is 57.2 Å². The number of hydrogen-bond acceptors (Lipinski definition) is 7. The van der Waals surface area contributed by atoms with Crippen molar-refractivity contribution in [3.05, 3.63) is 64.1 Å². The van der Waals surface area contributed by atoms with E-state index in [0.29, 0.717) is 6.07 Å². The molecule has 4 N–H and O–H groups in total. The standard InChI is InChI=1S/C17H14BrF2N7OS/c18-11-3-1-10(2-4-11)8-22-24-16-25-26-17(27(16)21)29-9-15(28)23-14-6-5-12(19)7-13(14)20/h1-8H,9,21H2,(H,23,28)(H,24,25)/b22-8+. The first-order valence-electron chi connectivity index (χ1n) is 8.05. The summed E-state index contributed by atoms with van der Waals surface area (Å²) in [6, 6.07) is 10.4. The number of carbonyl (C=O) groups is 1. The molecule has 1 amide bonds. The lowest BCUT2D eigenvalue weighted by atomic mass is 10.2. The Hall–Kier alpha value is -2.99. The van der Waals surface area contributed by atoms with E-state index >= 15 is 0 Å². The summed E-state index contributed by atoms with van der Waals surface area (Å²) < 4.78 is 28.6. The predicted octanol–water partition coefficient (Wildman–Crippen LogP) is 3.21. The second kappa shape index (κ2) is 9.47. The SMILES string of the molecule is Nn1c(N/N=C/c2ccc(Br)cc2)nnc1SCC(=O)Nc1ccc(F)cc1F. The summed E-state index contributed by atoms with van der Waals surface area (Å²) in [4.78, 5) is 12.0. The molecule has 0 saturated carbocycles. The van der Waals surface area contributed by atoms with Crippen molar-refractivity contribution in [2.24, 2.45) is 5.10 Å². The molecule has 12 heteroatoms. The number of anilines is 2. The van der Waals surface area contributed by atoms with Crippen LogP contribution in [0.3, 0.4) is 0 Å². The highest BCUT2D eigenvalue weighted by atomic mass is 79.9. The molecule has 0 fully saturated rings. The highest BCUT2D eigenvalue weighted by Crippen LogP contribution is 2.19. The van der Waals surface area contributed by atoms with E-state index in [0.717, 1.165) is 38.6 Å². The molecule has 0 unspecified atom stereocenters. The van der Waals surface area contributed by atoms with Crippen LogP contribution in [-0.4, -0.2) is 32.7 Å². The van der Waals surface area contributed by atoms with Crippen LogP contribution in [-0.2, 0) is 4.79 Å². The molecule has 8 nitrogen and oxygen atoms in total. The van der Waals surface area contributed by atoms with Gasteiger partial charge in [0, 0.05) is 10.5 Å². The maximum atomic E-state index is 13.6. The molecule has 0 spiro atoms. The Morgan fingerprint density at radius 3 is 2.72 bits per heavy atom. The van der Waals surface area contributed by atoms with Crippen molar-refractivity contribution in [2.45, 2.75) is 5.16 Å². The van der Waals surface area contributed by atoms with Gasteiger partial charge in [0.2, 0.25) is 11.1 Å².